The number of anilines is 2. The highest BCUT2D eigenvalue weighted by Gasteiger charge is 2.07. The van der Waals surface area contributed by atoms with E-state index >= 15 is 0 Å². The molecule has 0 radical (unpaired) electrons. The van der Waals surface area contributed by atoms with Gasteiger partial charge in [-0.2, -0.15) is 4.98 Å². The third kappa shape index (κ3) is 2.19. The smallest absolute Gasteiger partial charge is 0.223 e. The van der Waals surface area contributed by atoms with E-state index in [1.807, 2.05) is 0 Å². The van der Waals surface area contributed by atoms with E-state index in [9.17, 15) is 0 Å². The Bertz CT molecular complexity index is 499. The lowest BCUT2D eigenvalue weighted by molar-refractivity contribution is 0.388. The van der Waals surface area contributed by atoms with Crippen LogP contribution in [0.1, 0.15) is 11.7 Å². The summed E-state index contributed by atoms with van der Waals surface area (Å²) in [5.41, 5.74) is 5.52. The number of nitrogens with one attached hydrogen (secondary N) is 1. The van der Waals surface area contributed by atoms with E-state index in [2.05, 4.69) is 25.4 Å². The van der Waals surface area contributed by atoms with Gasteiger partial charge in [-0.15, -0.1) is 0 Å². The van der Waals surface area contributed by atoms with Crippen LogP contribution < -0.4 is 11.1 Å². The van der Waals surface area contributed by atoms with Crippen LogP contribution in [0, 0.1) is 6.92 Å². The molecule has 0 aliphatic carbocycles. The highest BCUT2D eigenvalue weighted by molar-refractivity contribution is 6.35. The van der Waals surface area contributed by atoms with E-state index in [4.69, 9.17) is 21.9 Å². The first-order chi connectivity index (χ1) is 7.66. The summed E-state index contributed by atoms with van der Waals surface area (Å²) < 4.78 is 4.82. The maximum Gasteiger partial charge on any atom is 0.223 e. The van der Waals surface area contributed by atoms with Crippen molar-refractivity contribution in [3.63, 3.8) is 0 Å². The lowest BCUT2D eigenvalue weighted by atomic mass is 10.5. The predicted molar refractivity (Wildman–Crippen MR) is 57.8 cm³/mol. The van der Waals surface area contributed by atoms with Gasteiger partial charge in [0.25, 0.3) is 0 Å². The molecule has 0 aromatic carbocycles. The summed E-state index contributed by atoms with van der Waals surface area (Å²) in [4.78, 5) is 11.7. The van der Waals surface area contributed by atoms with E-state index < -0.39 is 0 Å². The molecular formula is C8H9ClN6O. The fourth-order valence-electron chi connectivity index (χ4n) is 1.08. The van der Waals surface area contributed by atoms with E-state index in [0.717, 1.165) is 0 Å². The van der Waals surface area contributed by atoms with Gasteiger partial charge in [-0.05, 0) is 0 Å². The third-order valence-corrected chi connectivity index (χ3v) is 2.17. The van der Waals surface area contributed by atoms with Crippen molar-refractivity contribution in [2.75, 3.05) is 11.1 Å². The van der Waals surface area contributed by atoms with Crippen molar-refractivity contribution in [3.05, 3.63) is 23.1 Å². The second-order valence-corrected chi connectivity index (χ2v) is 3.38. The number of hydrogen-bond acceptors (Lipinski definition) is 7. The molecule has 0 aliphatic rings. The molecule has 0 bridgehead atoms. The first kappa shape index (κ1) is 10.6. The van der Waals surface area contributed by atoms with Crippen molar-refractivity contribution in [2.45, 2.75) is 13.5 Å². The summed E-state index contributed by atoms with van der Waals surface area (Å²) >= 11 is 5.89. The molecule has 0 amide bonds. The summed E-state index contributed by atoms with van der Waals surface area (Å²) in [7, 11) is 0. The molecule has 0 saturated heterocycles. The molecule has 2 rings (SSSR count). The van der Waals surface area contributed by atoms with Crippen LogP contribution in [-0.2, 0) is 6.54 Å². The average molecular weight is 241 g/mol. The van der Waals surface area contributed by atoms with Crippen LogP contribution in [0.3, 0.4) is 0 Å². The van der Waals surface area contributed by atoms with Gasteiger partial charge in [0.15, 0.2) is 11.6 Å². The zero-order valence-electron chi connectivity index (χ0n) is 8.44. The molecule has 2 aromatic rings. The Morgan fingerprint density at radius 1 is 1.50 bits per heavy atom. The monoisotopic (exact) mass is 240 g/mol. The van der Waals surface area contributed by atoms with Crippen LogP contribution in [-0.4, -0.2) is 20.1 Å². The number of aromatic nitrogens is 4. The SMILES string of the molecule is Cc1nc(CNc2ncnc(N)c2Cl)no1. The Labute approximate surface area is 96.0 Å². The molecule has 8 heteroatoms. The van der Waals surface area contributed by atoms with Crippen molar-refractivity contribution in [1.82, 2.24) is 20.1 Å². The fraction of sp³-hybridized carbons (Fsp3) is 0.250. The molecule has 3 N–H and O–H groups in total. The first-order valence-corrected chi connectivity index (χ1v) is 4.83. The number of hydrogen-bond donors (Lipinski definition) is 2. The summed E-state index contributed by atoms with van der Waals surface area (Å²) in [6.45, 7) is 2.07. The lowest BCUT2D eigenvalue weighted by Crippen LogP contribution is -2.05. The van der Waals surface area contributed by atoms with Gasteiger partial charge in [0.05, 0.1) is 6.54 Å². The maximum absolute atomic E-state index is 5.89. The summed E-state index contributed by atoms with van der Waals surface area (Å²) in [5.74, 6) is 1.69. The van der Waals surface area contributed by atoms with Crippen LogP contribution in [0.2, 0.25) is 5.02 Å². The van der Waals surface area contributed by atoms with Crippen LogP contribution in [0.4, 0.5) is 11.6 Å². The predicted octanol–water partition coefficient (Wildman–Crippen LogP) is 1.02. The fourth-order valence-corrected chi connectivity index (χ4v) is 1.25. The van der Waals surface area contributed by atoms with Gasteiger partial charge in [-0.3, -0.25) is 0 Å². The molecule has 0 aliphatic heterocycles. The van der Waals surface area contributed by atoms with Gasteiger partial charge in [-0.1, -0.05) is 16.8 Å². The molecule has 0 atom stereocenters. The normalized spacial score (nSPS) is 10.4. The van der Waals surface area contributed by atoms with Crippen molar-refractivity contribution in [3.8, 4) is 0 Å². The van der Waals surface area contributed by atoms with Crippen molar-refractivity contribution in [1.29, 1.82) is 0 Å². The Balaban J connectivity index is 2.07. The maximum atomic E-state index is 5.89. The molecule has 0 fully saturated rings. The minimum Gasteiger partial charge on any atom is -0.382 e. The standard InChI is InChI=1S/C8H9ClN6O/c1-4-14-5(15-16-4)2-11-8-6(9)7(10)12-3-13-8/h3H,2H2,1H3,(H3,10,11,12,13). The number of aryl methyl sites for hydroxylation is 1. The molecule has 2 heterocycles. The number of nitrogens with two attached hydrogens (primary N) is 1. The second kappa shape index (κ2) is 4.31. The number of nitrogens with zero attached hydrogens (tertiary/aromatic N) is 4. The number of halogens is 1. The molecule has 16 heavy (non-hydrogen) atoms. The third-order valence-electron chi connectivity index (χ3n) is 1.80. The van der Waals surface area contributed by atoms with E-state index in [1.54, 1.807) is 6.92 Å². The summed E-state index contributed by atoms with van der Waals surface area (Å²) in [5, 5.41) is 6.93. The number of nitrogen functional groups attached to an aromatic ring is 1. The highest BCUT2D eigenvalue weighted by Crippen LogP contribution is 2.23. The van der Waals surface area contributed by atoms with Gasteiger partial charge >= 0.3 is 0 Å². The van der Waals surface area contributed by atoms with Crippen LogP contribution >= 0.6 is 11.6 Å². The largest absolute Gasteiger partial charge is 0.382 e. The van der Waals surface area contributed by atoms with Gasteiger partial charge < -0.3 is 15.6 Å². The Hall–Kier alpha value is -1.89. The zero-order chi connectivity index (χ0) is 11.5. The molecule has 0 saturated carbocycles. The minimum absolute atomic E-state index is 0.225. The van der Waals surface area contributed by atoms with Gasteiger partial charge in [0.1, 0.15) is 17.2 Å². The average Bonchev–Trinajstić information content (AvgIpc) is 2.67. The molecule has 2 aromatic heterocycles. The summed E-state index contributed by atoms with van der Waals surface area (Å²) in [6, 6.07) is 0. The van der Waals surface area contributed by atoms with Crippen LogP contribution in [0.5, 0.6) is 0 Å². The quantitative estimate of drug-likeness (QED) is 0.825. The Kier molecular flexibility index (Phi) is 2.86. The molecule has 84 valence electrons. The van der Waals surface area contributed by atoms with E-state index in [1.165, 1.54) is 6.33 Å². The van der Waals surface area contributed by atoms with Crippen LogP contribution in [0.25, 0.3) is 0 Å². The zero-order valence-corrected chi connectivity index (χ0v) is 9.19. The van der Waals surface area contributed by atoms with E-state index in [0.29, 0.717) is 24.1 Å². The second-order valence-electron chi connectivity index (χ2n) is 3.00. The topological polar surface area (TPSA) is 103 Å². The Morgan fingerprint density at radius 2 is 2.31 bits per heavy atom. The minimum atomic E-state index is 0.225. The van der Waals surface area contributed by atoms with Crippen molar-refractivity contribution < 1.29 is 4.52 Å². The Morgan fingerprint density at radius 3 is 3.00 bits per heavy atom. The molecular weight excluding hydrogens is 232 g/mol. The summed E-state index contributed by atoms with van der Waals surface area (Å²) in [6.07, 6.45) is 1.32. The van der Waals surface area contributed by atoms with Crippen molar-refractivity contribution in [2.24, 2.45) is 0 Å². The lowest BCUT2D eigenvalue weighted by Gasteiger charge is -2.05. The van der Waals surface area contributed by atoms with Crippen molar-refractivity contribution >= 4 is 23.2 Å². The molecule has 0 unspecified atom stereocenters. The highest BCUT2D eigenvalue weighted by atomic mass is 35.5. The molecule has 7 nitrogen and oxygen atoms in total. The van der Waals surface area contributed by atoms with Gasteiger partial charge in [0.2, 0.25) is 5.89 Å². The molecule has 0 spiro atoms. The first-order valence-electron chi connectivity index (χ1n) is 4.46. The van der Waals surface area contributed by atoms with Gasteiger partial charge in [0, 0.05) is 6.92 Å². The van der Waals surface area contributed by atoms with Gasteiger partial charge in [-0.25, -0.2) is 9.97 Å². The van der Waals surface area contributed by atoms with Crippen LogP contribution in [0.15, 0.2) is 10.9 Å². The number of rotatable bonds is 3. The van der Waals surface area contributed by atoms with E-state index in [-0.39, 0.29) is 10.8 Å².